The molecule has 9 heteroatoms. The third-order valence-corrected chi connectivity index (χ3v) is 5.33. The maximum atomic E-state index is 12.1. The topological polar surface area (TPSA) is 72.9 Å². The van der Waals surface area contributed by atoms with E-state index >= 15 is 0 Å². The van der Waals surface area contributed by atoms with Crippen molar-refractivity contribution in [3.63, 3.8) is 0 Å². The molecule has 0 saturated carbocycles. The normalized spacial score (nSPS) is 10.9. The van der Waals surface area contributed by atoms with Crippen LogP contribution in [0, 0.1) is 6.92 Å². The van der Waals surface area contributed by atoms with E-state index in [9.17, 15) is 4.79 Å². The largest absolute Gasteiger partial charge is 0.469 e. The van der Waals surface area contributed by atoms with Gasteiger partial charge in [-0.2, -0.15) is 0 Å². The van der Waals surface area contributed by atoms with Gasteiger partial charge in [-0.15, -0.1) is 10.2 Å². The van der Waals surface area contributed by atoms with E-state index in [0.717, 1.165) is 11.3 Å². The van der Waals surface area contributed by atoms with Crippen LogP contribution >= 0.6 is 35.0 Å². The number of anilines is 1. The molecule has 0 fully saturated rings. The molecule has 1 aromatic carbocycles. The Hall–Kier alpha value is -1.96. The minimum atomic E-state index is -0.210. The number of aromatic nitrogens is 3. The fourth-order valence-corrected chi connectivity index (χ4v) is 3.27. The lowest BCUT2D eigenvalue weighted by Gasteiger charge is -2.08. The van der Waals surface area contributed by atoms with Gasteiger partial charge in [0.15, 0.2) is 11.0 Å². The molecular weight excluding hydrogens is 383 g/mol. The first-order valence-electron chi connectivity index (χ1n) is 7.28. The monoisotopic (exact) mass is 396 g/mol. The van der Waals surface area contributed by atoms with Gasteiger partial charge < -0.3 is 14.3 Å². The molecule has 25 heavy (non-hydrogen) atoms. The zero-order chi connectivity index (χ0) is 18.0. The number of amides is 1. The second-order valence-corrected chi connectivity index (χ2v) is 6.92. The highest BCUT2D eigenvalue weighted by Crippen LogP contribution is 2.30. The van der Waals surface area contributed by atoms with E-state index in [4.69, 9.17) is 27.6 Å². The maximum Gasteiger partial charge on any atom is 0.234 e. The Kier molecular flexibility index (Phi) is 5.36. The number of nitrogens with zero attached hydrogens (tertiary/aromatic N) is 3. The summed E-state index contributed by atoms with van der Waals surface area (Å²) in [5, 5.41) is 12.4. The Morgan fingerprint density at radius 2 is 2.12 bits per heavy atom. The number of nitrogens with one attached hydrogen (secondary N) is 1. The lowest BCUT2D eigenvalue weighted by molar-refractivity contribution is -0.113. The van der Waals surface area contributed by atoms with Gasteiger partial charge in [0.05, 0.1) is 33.3 Å². The number of carbonyl (C=O) groups excluding carboxylic acids is 1. The SMILES string of the molecule is Cc1occc1-c1nnc(SCC(=O)Nc2cccc(Cl)c2Cl)n1C. The Morgan fingerprint density at radius 3 is 2.84 bits per heavy atom. The van der Waals surface area contributed by atoms with E-state index in [1.54, 1.807) is 24.5 Å². The van der Waals surface area contributed by atoms with Crippen molar-refractivity contribution in [3.05, 3.63) is 46.3 Å². The summed E-state index contributed by atoms with van der Waals surface area (Å²) in [6.45, 7) is 1.86. The molecule has 6 nitrogen and oxygen atoms in total. The van der Waals surface area contributed by atoms with Crippen LogP contribution in [0.25, 0.3) is 11.4 Å². The molecular formula is C16H14Cl2N4O2S. The predicted octanol–water partition coefficient (Wildman–Crippen LogP) is 4.42. The minimum absolute atomic E-state index is 0.166. The van der Waals surface area contributed by atoms with Gasteiger partial charge in [-0.3, -0.25) is 4.79 Å². The second-order valence-electron chi connectivity index (χ2n) is 5.19. The third-order valence-electron chi connectivity index (χ3n) is 3.49. The average Bonchev–Trinajstić information content (AvgIpc) is 3.15. The number of aryl methyl sites for hydroxylation is 1. The van der Waals surface area contributed by atoms with Gasteiger partial charge in [0.2, 0.25) is 5.91 Å². The van der Waals surface area contributed by atoms with Crippen molar-refractivity contribution >= 4 is 46.6 Å². The van der Waals surface area contributed by atoms with Gasteiger partial charge in [-0.1, -0.05) is 41.0 Å². The van der Waals surface area contributed by atoms with E-state index in [2.05, 4.69) is 15.5 Å². The molecule has 0 aliphatic carbocycles. The highest BCUT2D eigenvalue weighted by atomic mass is 35.5. The summed E-state index contributed by atoms with van der Waals surface area (Å²) in [4.78, 5) is 12.1. The molecule has 0 unspecified atom stereocenters. The molecule has 0 bridgehead atoms. The molecule has 0 radical (unpaired) electrons. The average molecular weight is 397 g/mol. The highest BCUT2D eigenvalue weighted by Gasteiger charge is 2.16. The molecule has 2 heterocycles. The van der Waals surface area contributed by atoms with Crippen LogP contribution in [0.15, 0.2) is 40.1 Å². The van der Waals surface area contributed by atoms with Gasteiger partial charge in [0.25, 0.3) is 0 Å². The van der Waals surface area contributed by atoms with E-state index in [-0.39, 0.29) is 11.7 Å². The molecule has 0 saturated heterocycles. The summed E-state index contributed by atoms with van der Waals surface area (Å²) in [6, 6.07) is 6.91. The number of carbonyl (C=O) groups is 1. The number of thioether (sulfide) groups is 1. The molecule has 130 valence electrons. The van der Waals surface area contributed by atoms with Crippen LogP contribution in [0.5, 0.6) is 0 Å². The molecule has 1 N–H and O–H groups in total. The number of rotatable bonds is 5. The first-order valence-corrected chi connectivity index (χ1v) is 9.02. The van der Waals surface area contributed by atoms with Gasteiger partial charge in [0.1, 0.15) is 5.76 Å². The van der Waals surface area contributed by atoms with E-state index < -0.39 is 0 Å². The Labute approximate surface area is 158 Å². The predicted molar refractivity (Wildman–Crippen MR) is 99.3 cm³/mol. The Morgan fingerprint density at radius 1 is 1.32 bits per heavy atom. The van der Waals surface area contributed by atoms with Crippen LogP contribution in [0.3, 0.4) is 0 Å². The molecule has 1 amide bonds. The van der Waals surface area contributed by atoms with Crippen molar-refractivity contribution in [2.75, 3.05) is 11.1 Å². The zero-order valence-corrected chi connectivity index (χ0v) is 15.7. The van der Waals surface area contributed by atoms with Crippen LogP contribution in [0.4, 0.5) is 5.69 Å². The highest BCUT2D eigenvalue weighted by molar-refractivity contribution is 7.99. The van der Waals surface area contributed by atoms with Crippen molar-refractivity contribution in [2.24, 2.45) is 7.05 Å². The van der Waals surface area contributed by atoms with Crippen molar-refractivity contribution in [1.29, 1.82) is 0 Å². The van der Waals surface area contributed by atoms with Gasteiger partial charge in [-0.05, 0) is 25.1 Å². The molecule has 2 aromatic heterocycles. The lowest BCUT2D eigenvalue weighted by atomic mass is 10.2. The summed E-state index contributed by atoms with van der Waals surface area (Å²) in [5.41, 5.74) is 1.35. The van der Waals surface area contributed by atoms with Crippen molar-refractivity contribution in [3.8, 4) is 11.4 Å². The number of hydrogen-bond donors (Lipinski definition) is 1. The van der Waals surface area contributed by atoms with Crippen LogP contribution in [-0.2, 0) is 11.8 Å². The van der Waals surface area contributed by atoms with Crippen molar-refractivity contribution < 1.29 is 9.21 Å². The maximum absolute atomic E-state index is 12.1. The summed E-state index contributed by atoms with van der Waals surface area (Å²) in [5.74, 6) is 1.41. The van der Waals surface area contributed by atoms with Crippen LogP contribution in [0.2, 0.25) is 10.0 Å². The number of benzene rings is 1. The van der Waals surface area contributed by atoms with E-state index in [0.29, 0.717) is 26.7 Å². The quantitative estimate of drug-likeness (QED) is 0.646. The van der Waals surface area contributed by atoms with Crippen LogP contribution < -0.4 is 5.32 Å². The summed E-state index contributed by atoms with van der Waals surface area (Å²) in [6.07, 6.45) is 1.61. The van der Waals surface area contributed by atoms with Gasteiger partial charge in [-0.25, -0.2) is 0 Å². The number of halogens is 2. The molecule has 0 atom stereocenters. The van der Waals surface area contributed by atoms with Crippen molar-refractivity contribution in [1.82, 2.24) is 14.8 Å². The van der Waals surface area contributed by atoms with Crippen molar-refractivity contribution in [2.45, 2.75) is 12.1 Å². The Balaban J connectivity index is 1.66. The zero-order valence-electron chi connectivity index (χ0n) is 13.4. The number of hydrogen-bond acceptors (Lipinski definition) is 5. The molecule has 0 aliphatic rings. The second kappa shape index (κ2) is 7.51. The minimum Gasteiger partial charge on any atom is -0.469 e. The molecule has 0 aliphatic heterocycles. The van der Waals surface area contributed by atoms with Gasteiger partial charge >= 0.3 is 0 Å². The smallest absolute Gasteiger partial charge is 0.234 e. The summed E-state index contributed by atoms with van der Waals surface area (Å²) in [7, 11) is 1.84. The third kappa shape index (κ3) is 3.84. The fraction of sp³-hybridized carbons (Fsp3) is 0.188. The standard InChI is InChI=1S/C16H14Cl2N4O2S/c1-9-10(6-7-24-9)15-20-21-16(22(15)2)25-8-13(23)19-12-5-3-4-11(17)14(12)18/h3-7H,8H2,1-2H3,(H,19,23). The molecule has 3 aromatic rings. The van der Waals surface area contributed by atoms with Gasteiger partial charge in [0, 0.05) is 7.05 Å². The molecule has 3 rings (SSSR count). The number of furan rings is 1. The van der Waals surface area contributed by atoms with E-state index in [1.165, 1.54) is 11.8 Å². The summed E-state index contributed by atoms with van der Waals surface area (Å²) < 4.78 is 7.11. The Bertz CT molecular complexity index is 923. The first kappa shape index (κ1) is 17.8. The first-order chi connectivity index (χ1) is 12.0. The fourth-order valence-electron chi connectivity index (χ4n) is 2.21. The lowest BCUT2D eigenvalue weighted by Crippen LogP contribution is -2.14. The van der Waals surface area contributed by atoms with E-state index in [1.807, 2.05) is 24.6 Å². The summed E-state index contributed by atoms with van der Waals surface area (Å²) >= 11 is 13.3. The van der Waals surface area contributed by atoms with Crippen LogP contribution in [-0.4, -0.2) is 26.4 Å². The molecule has 0 spiro atoms. The van der Waals surface area contributed by atoms with Crippen LogP contribution in [0.1, 0.15) is 5.76 Å².